The molecule has 1 aliphatic heterocycles. The Kier molecular flexibility index (Phi) is 7.90. The van der Waals surface area contributed by atoms with Crippen molar-refractivity contribution in [3.05, 3.63) is 93.2 Å². The topological polar surface area (TPSA) is 148 Å². The van der Waals surface area contributed by atoms with Crippen LogP contribution in [0.3, 0.4) is 0 Å². The van der Waals surface area contributed by atoms with E-state index >= 15 is 0 Å². The Labute approximate surface area is 223 Å². The summed E-state index contributed by atoms with van der Waals surface area (Å²) in [5.41, 5.74) is 6.27. The first kappa shape index (κ1) is 26.0. The van der Waals surface area contributed by atoms with Crippen LogP contribution in [0.1, 0.15) is 28.7 Å². The Hall–Kier alpha value is -4.61. The number of aryl methyl sites for hydroxylation is 1. The van der Waals surface area contributed by atoms with Gasteiger partial charge in [0.05, 0.1) is 16.6 Å². The van der Waals surface area contributed by atoms with Crippen molar-refractivity contribution in [3.8, 4) is 17.2 Å². The lowest BCUT2D eigenvalue weighted by Gasteiger charge is -2.09. The van der Waals surface area contributed by atoms with Gasteiger partial charge in [0.1, 0.15) is 12.4 Å². The van der Waals surface area contributed by atoms with E-state index in [-0.39, 0.29) is 25.5 Å². The summed E-state index contributed by atoms with van der Waals surface area (Å²) in [5.74, 6) is 1.04. The van der Waals surface area contributed by atoms with Gasteiger partial charge in [-0.3, -0.25) is 20.1 Å². The molecular weight excluding hydrogens is 504 g/mol. The van der Waals surface area contributed by atoms with E-state index in [0.29, 0.717) is 35.8 Å². The first-order valence-corrected chi connectivity index (χ1v) is 12.5. The van der Waals surface area contributed by atoms with E-state index in [1.807, 2.05) is 48.7 Å². The molecule has 5 rings (SSSR count). The molecule has 0 saturated carbocycles. The maximum atomic E-state index is 11.5. The van der Waals surface area contributed by atoms with E-state index in [2.05, 4.69) is 10.3 Å². The number of nitro benzene ring substituents is 1. The summed E-state index contributed by atoms with van der Waals surface area (Å²) in [5, 5.41) is 24.6. The predicted molar refractivity (Wildman–Crippen MR) is 142 cm³/mol. The van der Waals surface area contributed by atoms with Gasteiger partial charge >= 0.3 is 0 Å². The first-order chi connectivity index (χ1) is 19.0. The van der Waals surface area contributed by atoms with Gasteiger partial charge in [0.2, 0.25) is 12.7 Å². The summed E-state index contributed by atoms with van der Waals surface area (Å²) >= 11 is 0. The first-order valence-electron chi connectivity index (χ1n) is 12.5. The fourth-order valence-corrected chi connectivity index (χ4v) is 4.47. The summed E-state index contributed by atoms with van der Waals surface area (Å²) < 4.78 is 16.6. The average Bonchev–Trinajstić information content (AvgIpc) is 3.59. The van der Waals surface area contributed by atoms with Crippen LogP contribution in [0.2, 0.25) is 0 Å². The lowest BCUT2D eigenvalue weighted by Crippen LogP contribution is -2.18. The number of aromatic amines is 1. The number of ether oxygens (including phenoxy) is 3. The monoisotopic (exact) mass is 532 g/mol. The number of fused-ring (bicyclic) bond motifs is 2. The Morgan fingerprint density at radius 2 is 1.79 bits per heavy atom. The van der Waals surface area contributed by atoms with Gasteiger partial charge in [0.25, 0.3) is 5.69 Å². The highest BCUT2D eigenvalue weighted by molar-refractivity contribution is 5.84. The van der Waals surface area contributed by atoms with Crippen molar-refractivity contribution < 1.29 is 29.1 Å². The van der Waals surface area contributed by atoms with Crippen LogP contribution in [-0.4, -0.2) is 34.4 Å². The third-order valence-electron chi connectivity index (χ3n) is 6.59. The van der Waals surface area contributed by atoms with Gasteiger partial charge in [-0.15, -0.1) is 0 Å². The summed E-state index contributed by atoms with van der Waals surface area (Å²) in [7, 11) is 0. The van der Waals surface area contributed by atoms with Crippen molar-refractivity contribution in [1.82, 2.24) is 15.8 Å². The minimum atomic E-state index is -0.450. The van der Waals surface area contributed by atoms with E-state index in [0.717, 1.165) is 40.6 Å². The number of benzene rings is 3. The van der Waals surface area contributed by atoms with Crippen LogP contribution in [-0.2, 0) is 30.8 Å². The fraction of sp³-hybridized carbons (Fsp3) is 0.250. The summed E-state index contributed by atoms with van der Waals surface area (Å²) in [6, 6.07) is 16.7. The van der Waals surface area contributed by atoms with Crippen molar-refractivity contribution in [2.75, 3.05) is 13.3 Å². The highest BCUT2D eigenvalue weighted by Crippen LogP contribution is 2.38. The number of rotatable bonds is 12. The zero-order valence-corrected chi connectivity index (χ0v) is 21.1. The van der Waals surface area contributed by atoms with Crippen LogP contribution in [0.5, 0.6) is 17.2 Å². The number of nitro groups is 1. The second kappa shape index (κ2) is 11.8. The maximum Gasteiger partial charge on any atom is 0.280 e. The highest BCUT2D eigenvalue weighted by atomic mass is 16.7. The van der Waals surface area contributed by atoms with E-state index < -0.39 is 10.8 Å². The van der Waals surface area contributed by atoms with Crippen molar-refractivity contribution in [1.29, 1.82) is 0 Å². The van der Waals surface area contributed by atoms with Gasteiger partial charge < -0.3 is 24.5 Å². The molecule has 1 aromatic heterocycles. The number of hydrogen-bond acceptors (Lipinski definition) is 8. The molecular formula is C28H28N4O7. The second-order valence-electron chi connectivity index (χ2n) is 9.18. The van der Waals surface area contributed by atoms with Crippen LogP contribution >= 0.6 is 0 Å². The summed E-state index contributed by atoms with van der Waals surface area (Å²) in [6.45, 7) is 1.54. The van der Waals surface area contributed by atoms with Crippen molar-refractivity contribution >= 4 is 22.5 Å². The number of carbonyl (C=O) groups is 1. The van der Waals surface area contributed by atoms with Crippen LogP contribution < -0.4 is 25.0 Å². The average molecular weight is 533 g/mol. The smallest absolute Gasteiger partial charge is 0.280 e. The number of carbonyl (C=O) groups excluding carboxylic acids is 1. The highest BCUT2D eigenvalue weighted by Gasteiger charge is 2.23. The molecule has 3 aromatic carbocycles. The van der Waals surface area contributed by atoms with E-state index in [1.54, 1.807) is 11.5 Å². The zero-order chi connectivity index (χ0) is 27.2. The molecule has 4 N–H and O–H groups in total. The molecule has 39 heavy (non-hydrogen) atoms. The third-order valence-corrected chi connectivity index (χ3v) is 6.59. The molecule has 0 saturated heterocycles. The van der Waals surface area contributed by atoms with Crippen LogP contribution in [0.15, 0.2) is 60.8 Å². The van der Waals surface area contributed by atoms with Gasteiger partial charge in [-0.05, 0) is 60.3 Å². The standard InChI is InChI=1S/C28H28N4O7/c33-28(31-34)8-5-18-1-3-19(4-2-18)14-29-10-9-20-15-30-24-7-6-22(12-23(20)24)37-16-21-11-26-27(39-17-38-26)13-25(21)32(35)36/h1-4,6-7,11-13,15,29-30,34H,5,8-10,14,16-17H2,(H,31,33). The Morgan fingerprint density at radius 3 is 2.56 bits per heavy atom. The summed E-state index contributed by atoms with van der Waals surface area (Å²) in [4.78, 5) is 25.5. The minimum absolute atomic E-state index is 0.0210. The van der Waals surface area contributed by atoms with E-state index in [4.69, 9.17) is 19.4 Å². The minimum Gasteiger partial charge on any atom is -0.489 e. The Bertz CT molecular complexity index is 1480. The largest absolute Gasteiger partial charge is 0.489 e. The fourth-order valence-electron chi connectivity index (χ4n) is 4.47. The molecule has 0 unspecified atom stereocenters. The second-order valence-corrected chi connectivity index (χ2v) is 9.18. The molecule has 11 nitrogen and oxygen atoms in total. The predicted octanol–water partition coefficient (Wildman–Crippen LogP) is 4.15. The Balaban J connectivity index is 1.16. The number of nitrogens with zero attached hydrogens (tertiary/aromatic N) is 1. The van der Waals surface area contributed by atoms with Gasteiger partial charge in [0.15, 0.2) is 11.5 Å². The number of aromatic nitrogens is 1. The number of hydrogen-bond donors (Lipinski definition) is 4. The molecule has 4 aromatic rings. The number of hydroxylamine groups is 1. The zero-order valence-electron chi connectivity index (χ0n) is 21.1. The molecule has 0 atom stereocenters. The lowest BCUT2D eigenvalue weighted by atomic mass is 10.1. The normalized spacial score (nSPS) is 12.0. The van der Waals surface area contributed by atoms with E-state index in [1.165, 1.54) is 6.07 Å². The lowest BCUT2D eigenvalue weighted by molar-refractivity contribution is -0.385. The summed E-state index contributed by atoms with van der Waals surface area (Å²) in [6.07, 6.45) is 3.59. The van der Waals surface area contributed by atoms with Crippen molar-refractivity contribution in [2.45, 2.75) is 32.4 Å². The van der Waals surface area contributed by atoms with Crippen molar-refractivity contribution in [2.24, 2.45) is 0 Å². The molecule has 0 spiro atoms. The third kappa shape index (κ3) is 6.28. The van der Waals surface area contributed by atoms with Crippen molar-refractivity contribution in [3.63, 3.8) is 0 Å². The molecule has 202 valence electrons. The van der Waals surface area contributed by atoms with Crippen LogP contribution in [0, 0.1) is 10.1 Å². The number of H-pyrrole nitrogens is 1. The quantitative estimate of drug-likeness (QED) is 0.0920. The Morgan fingerprint density at radius 1 is 1.03 bits per heavy atom. The van der Waals surface area contributed by atoms with Crippen LogP contribution in [0.4, 0.5) is 5.69 Å². The van der Waals surface area contributed by atoms with E-state index in [9.17, 15) is 14.9 Å². The molecule has 0 aliphatic carbocycles. The molecule has 1 amide bonds. The maximum absolute atomic E-state index is 11.5. The number of amides is 1. The molecule has 0 fully saturated rings. The molecule has 2 heterocycles. The van der Waals surface area contributed by atoms with Crippen LogP contribution in [0.25, 0.3) is 10.9 Å². The van der Waals surface area contributed by atoms with Gasteiger partial charge in [-0.25, -0.2) is 5.48 Å². The number of nitrogens with one attached hydrogen (secondary N) is 3. The van der Waals surface area contributed by atoms with Gasteiger partial charge in [-0.1, -0.05) is 24.3 Å². The molecule has 1 aliphatic rings. The van der Waals surface area contributed by atoms with Gasteiger partial charge in [0, 0.05) is 30.1 Å². The molecule has 11 heteroatoms. The SMILES string of the molecule is O=C(CCc1ccc(CNCCc2c[nH]c3ccc(OCc4cc5c(cc4[N+](=O)[O-])OCO5)cc23)cc1)NO. The molecule has 0 bridgehead atoms. The van der Waals surface area contributed by atoms with Gasteiger partial charge in [-0.2, -0.15) is 0 Å². The molecule has 0 radical (unpaired) electrons.